The Kier molecular flexibility index (Phi) is 6.11. The number of nitrogens with zero attached hydrogens (tertiary/aromatic N) is 3. The molecule has 4 rings (SSSR count). The zero-order valence-electron chi connectivity index (χ0n) is 16.8. The van der Waals surface area contributed by atoms with Gasteiger partial charge < -0.3 is 10.2 Å². The van der Waals surface area contributed by atoms with E-state index < -0.39 is 11.7 Å². The van der Waals surface area contributed by atoms with Crippen molar-refractivity contribution in [3.05, 3.63) is 52.3 Å². The van der Waals surface area contributed by atoms with E-state index in [0.717, 1.165) is 54.8 Å². The Morgan fingerprint density at radius 2 is 2.00 bits per heavy atom. The maximum atomic E-state index is 13.2. The molecule has 0 spiro atoms. The van der Waals surface area contributed by atoms with Gasteiger partial charge in [0.2, 0.25) is 0 Å². The first-order chi connectivity index (χ1) is 14.3. The molecule has 0 saturated carbocycles. The summed E-state index contributed by atoms with van der Waals surface area (Å²) in [5, 5.41) is 7.79. The Balaban J connectivity index is 1.48. The summed E-state index contributed by atoms with van der Waals surface area (Å²) in [6.45, 7) is 1.60. The second-order valence-electron chi connectivity index (χ2n) is 7.78. The van der Waals surface area contributed by atoms with E-state index in [4.69, 9.17) is 0 Å². The van der Waals surface area contributed by atoms with Crippen LogP contribution in [0.3, 0.4) is 0 Å². The molecule has 1 N–H and O–H groups in total. The number of carbonyl (C=O) groups is 1. The largest absolute Gasteiger partial charge is 0.416 e. The molecule has 9 heteroatoms. The summed E-state index contributed by atoms with van der Waals surface area (Å²) in [5.41, 5.74) is 2.13. The fourth-order valence-corrected chi connectivity index (χ4v) is 5.16. The predicted molar refractivity (Wildman–Crippen MR) is 111 cm³/mol. The summed E-state index contributed by atoms with van der Waals surface area (Å²) >= 11 is 1.84. The quantitative estimate of drug-likeness (QED) is 0.796. The number of halogens is 3. The van der Waals surface area contributed by atoms with Gasteiger partial charge in [0.15, 0.2) is 5.69 Å². The lowest BCUT2D eigenvalue weighted by Crippen LogP contribution is -2.39. The molecule has 1 aromatic heterocycles. The van der Waals surface area contributed by atoms with Gasteiger partial charge in [0.1, 0.15) is 0 Å². The van der Waals surface area contributed by atoms with Crippen molar-refractivity contribution in [3.63, 3.8) is 0 Å². The third-order valence-corrected chi connectivity index (χ3v) is 6.80. The second kappa shape index (κ2) is 8.63. The van der Waals surface area contributed by atoms with Crippen LogP contribution < -0.4 is 5.32 Å². The van der Waals surface area contributed by atoms with Crippen LogP contribution in [0.4, 0.5) is 13.2 Å². The van der Waals surface area contributed by atoms with E-state index in [1.54, 1.807) is 10.7 Å². The van der Waals surface area contributed by atoms with Crippen LogP contribution in [0.25, 0.3) is 0 Å². The lowest BCUT2D eigenvalue weighted by molar-refractivity contribution is -0.138. The summed E-state index contributed by atoms with van der Waals surface area (Å²) in [6, 6.07) is 5.67. The topological polar surface area (TPSA) is 50.2 Å². The number of benzene rings is 1. The third kappa shape index (κ3) is 4.37. The van der Waals surface area contributed by atoms with Crippen LogP contribution in [0.15, 0.2) is 24.3 Å². The molecule has 1 amide bonds. The van der Waals surface area contributed by atoms with Crippen molar-refractivity contribution >= 4 is 17.7 Å². The molecular formula is C21H25F3N4OS. The fraction of sp³-hybridized carbons (Fsp3) is 0.524. The lowest BCUT2D eigenvalue weighted by atomic mass is 9.90. The maximum Gasteiger partial charge on any atom is 0.416 e. The van der Waals surface area contributed by atoms with Crippen molar-refractivity contribution in [3.8, 4) is 0 Å². The standard InChI is InChI=1S/C21H25F3N4OS/c1-27-18-7-6-15(25-13-14-4-2-3-5-17(14)21(22,23)24)12-16(18)19(26-27)20(29)28-8-10-30-11-9-28/h2-5,15,25H,6-13H2,1H3/t15-/m1/s1. The van der Waals surface area contributed by atoms with E-state index in [1.165, 1.54) is 12.1 Å². The van der Waals surface area contributed by atoms with Gasteiger partial charge in [-0.05, 0) is 30.9 Å². The van der Waals surface area contributed by atoms with Gasteiger partial charge in [-0.25, -0.2) is 0 Å². The molecule has 1 fully saturated rings. The molecule has 1 aliphatic heterocycles. The molecule has 1 aliphatic carbocycles. The fourth-order valence-electron chi connectivity index (χ4n) is 4.26. The van der Waals surface area contributed by atoms with E-state index in [-0.39, 0.29) is 24.1 Å². The highest BCUT2D eigenvalue weighted by molar-refractivity contribution is 7.99. The third-order valence-electron chi connectivity index (χ3n) is 5.86. The van der Waals surface area contributed by atoms with Crippen LogP contribution in [0.1, 0.15) is 39.3 Å². The highest BCUT2D eigenvalue weighted by atomic mass is 32.2. The molecule has 2 aromatic rings. The molecule has 1 atom stereocenters. The van der Waals surface area contributed by atoms with Crippen molar-refractivity contribution in [2.75, 3.05) is 24.6 Å². The SMILES string of the molecule is Cn1nc(C(=O)N2CCSCC2)c2c1CC[C@@H](NCc1ccccc1C(F)(F)F)C2. The van der Waals surface area contributed by atoms with Crippen molar-refractivity contribution < 1.29 is 18.0 Å². The average Bonchev–Trinajstić information content (AvgIpc) is 3.08. The van der Waals surface area contributed by atoms with Crippen LogP contribution in [0.2, 0.25) is 0 Å². The molecular weight excluding hydrogens is 413 g/mol. The monoisotopic (exact) mass is 438 g/mol. The van der Waals surface area contributed by atoms with Gasteiger partial charge in [-0.3, -0.25) is 9.48 Å². The van der Waals surface area contributed by atoms with Crippen LogP contribution >= 0.6 is 11.8 Å². The second-order valence-corrected chi connectivity index (χ2v) is 9.00. The van der Waals surface area contributed by atoms with Crippen molar-refractivity contribution in [1.29, 1.82) is 0 Å². The average molecular weight is 439 g/mol. The van der Waals surface area contributed by atoms with Gasteiger partial charge in [0.05, 0.1) is 5.56 Å². The van der Waals surface area contributed by atoms with E-state index >= 15 is 0 Å². The smallest absolute Gasteiger partial charge is 0.336 e. The number of carbonyl (C=O) groups excluding carboxylic acids is 1. The molecule has 5 nitrogen and oxygen atoms in total. The minimum Gasteiger partial charge on any atom is -0.336 e. The molecule has 162 valence electrons. The van der Waals surface area contributed by atoms with Gasteiger partial charge in [-0.15, -0.1) is 0 Å². The van der Waals surface area contributed by atoms with Gasteiger partial charge >= 0.3 is 6.18 Å². The van der Waals surface area contributed by atoms with E-state index in [0.29, 0.717) is 12.1 Å². The minimum absolute atomic E-state index is 0.00597. The first-order valence-corrected chi connectivity index (χ1v) is 11.3. The Labute approximate surface area is 178 Å². The molecule has 1 saturated heterocycles. The Morgan fingerprint density at radius 1 is 1.27 bits per heavy atom. The van der Waals surface area contributed by atoms with Crippen LogP contribution in [-0.4, -0.2) is 51.2 Å². The van der Waals surface area contributed by atoms with Crippen LogP contribution in [0.5, 0.6) is 0 Å². The zero-order valence-corrected chi connectivity index (χ0v) is 17.7. The summed E-state index contributed by atoms with van der Waals surface area (Å²) in [5.74, 6) is 1.84. The number of nitrogens with one attached hydrogen (secondary N) is 1. The first kappa shape index (κ1) is 21.2. The van der Waals surface area contributed by atoms with Crippen LogP contribution in [-0.2, 0) is 32.6 Å². The maximum absolute atomic E-state index is 13.2. The predicted octanol–water partition coefficient (Wildman–Crippen LogP) is 3.28. The van der Waals surface area contributed by atoms with E-state index in [1.807, 2.05) is 23.7 Å². The number of rotatable bonds is 4. The summed E-state index contributed by atoms with van der Waals surface area (Å²) in [7, 11) is 1.86. The molecule has 2 aliphatic rings. The molecule has 2 heterocycles. The summed E-state index contributed by atoms with van der Waals surface area (Å²) in [4.78, 5) is 14.9. The number of amides is 1. The number of hydrogen-bond donors (Lipinski definition) is 1. The van der Waals surface area contributed by atoms with E-state index in [9.17, 15) is 18.0 Å². The van der Waals surface area contributed by atoms with E-state index in [2.05, 4.69) is 10.4 Å². The number of hydrogen-bond acceptors (Lipinski definition) is 4. The van der Waals surface area contributed by atoms with Crippen molar-refractivity contribution in [2.45, 2.75) is 38.0 Å². The molecule has 0 bridgehead atoms. The highest BCUT2D eigenvalue weighted by Gasteiger charge is 2.34. The molecule has 0 unspecified atom stereocenters. The lowest BCUT2D eigenvalue weighted by Gasteiger charge is -2.27. The minimum atomic E-state index is -4.37. The molecule has 1 aromatic carbocycles. The molecule has 30 heavy (non-hydrogen) atoms. The summed E-state index contributed by atoms with van der Waals surface area (Å²) < 4.78 is 41.5. The summed E-state index contributed by atoms with van der Waals surface area (Å²) in [6.07, 6.45) is -2.22. The normalized spacial score (nSPS) is 19.6. The van der Waals surface area contributed by atoms with Gasteiger partial charge in [-0.1, -0.05) is 18.2 Å². The zero-order chi connectivity index (χ0) is 21.3. The van der Waals surface area contributed by atoms with Gasteiger partial charge in [0.25, 0.3) is 5.91 Å². The Hall–Kier alpha value is -2.00. The Morgan fingerprint density at radius 3 is 2.73 bits per heavy atom. The number of alkyl halides is 3. The molecule has 0 radical (unpaired) electrons. The van der Waals surface area contributed by atoms with Crippen LogP contribution in [0, 0.1) is 0 Å². The number of thioether (sulfide) groups is 1. The first-order valence-electron chi connectivity index (χ1n) is 10.1. The number of aromatic nitrogens is 2. The van der Waals surface area contributed by atoms with Gasteiger partial charge in [-0.2, -0.15) is 30.0 Å². The van der Waals surface area contributed by atoms with Crippen molar-refractivity contribution in [1.82, 2.24) is 20.0 Å². The Bertz CT molecular complexity index is 921. The highest BCUT2D eigenvalue weighted by Crippen LogP contribution is 2.32. The van der Waals surface area contributed by atoms with Crippen molar-refractivity contribution in [2.24, 2.45) is 7.05 Å². The number of aryl methyl sites for hydroxylation is 1. The number of fused-ring (bicyclic) bond motifs is 1. The van der Waals surface area contributed by atoms with Gasteiger partial charge in [0, 0.05) is 55.5 Å².